The van der Waals surface area contributed by atoms with Crippen LogP contribution in [0.2, 0.25) is 5.28 Å². The Labute approximate surface area is 177 Å². The van der Waals surface area contributed by atoms with Gasteiger partial charge in [-0.25, -0.2) is 9.67 Å². The summed E-state index contributed by atoms with van der Waals surface area (Å²) in [6.07, 6.45) is 1.63. The largest absolute Gasteiger partial charge is 0.496 e. The molecular weight excluding hydrogens is 406 g/mol. The lowest BCUT2D eigenvalue weighted by atomic mass is 10.1. The van der Waals surface area contributed by atoms with Crippen molar-refractivity contribution in [1.29, 1.82) is 0 Å². The summed E-state index contributed by atoms with van der Waals surface area (Å²) in [6, 6.07) is 13.2. The number of aromatic nitrogens is 4. The Kier molecular flexibility index (Phi) is 5.69. The topological polar surface area (TPSA) is 108 Å². The van der Waals surface area contributed by atoms with E-state index in [9.17, 15) is 5.11 Å². The summed E-state index contributed by atoms with van der Waals surface area (Å²) in [5.41, 5.74) is 9.10. The number of aliphatic hydroxyl groups is 1. The fourth-order valence-electron chi connectivity index (χ4n) is 3.18. The Morgan fingerprint density at radius 1 is 1.13 bits per heavy atom. The van der Waals surface area contributed by atoms with Crippen LogP contribution < -0.4 is 15.2 Å². The molecule has 2 aromatic heterocycles. The van der Waals surface area contributed by atoms with Gasteiger partial charge in [0.05, 0.1) is 31.8 Å². The van der Waals surface area contributed by atoms with Crippen LogP contribution in [0.3, 0.4) is 0 Å². The average Bonchev–Trinajstić information content (AvgIpc) is 3.15. The van der Waals surface area contributed by atoms with Gasteiger partial charge in [-0.2, -0.15) is 10.1 Å². The van der Waals surface area contributed by atoms with Gasteiger partial charge < -0.3 is 20.3 Å². The number of ether oxygens (including phenoxy) is 2. The van der Waals surface area contributed by atoms with E-state index in [1.54, 1.807) is 18.0 Å². The van der Waals surface area contributed by atoms with Crippen molar-refractivity contribution in [2.24, 2.45) is 0 Å². The monoisotopic (exact) mass is 425 g/mol. The molecule has 0 unspecified atom stereocenters. The number of nitrogen functional groups attached to an aromatic ring is 1. The lowest BCUT2D eigenvalue weighted by molar-refractivity contribution is 0.278. The Bertz CT molecular complexity index is 1190. The second-order valence-corrected chi connectivity index (χ2v) is 7.00. The molecular formula is C21H20ClN5O3. The molecule has 0 fully saturated rings. The predicted molar refractivity (Wildman–Crippen MR) is 114 cm³/mol. The molecule has 0 spiro atoms. The van der Waals surface area contributed by atoms with Crippen molar-refractivity contribution in [1.82, 2.24) is 19.7 Å². The van der Waals surface area contributed by atoms with Gasteiger partial charge >= 0.3 is 0 Å². The van der Waals surface area contributed by atoms with Gasteiger partial charge in [-0.05, 0) is 47.0 Å². The van der Waals surface area contributed by atoms with Crippen molar-refractivity contribution in [3.8, 4) is 11.5 Å². The minimum atomic E-state index is -0.0393. The van der Waals surface area contributed by atoms with E-state index in [4.69, 9.17) is 26.8 Å². The second kappa shape index (κ2) is 8.56. The molecule has 30 heavy (non-hydrogen) atoms. The molecule has 0 aliphatic heterocycles. The quantitative estimate of drug-likeness (QED) is 0.437. The molecule has 0 aliphatic rings. The SMILES string of the molecule is COc1ccc(CO)cc1COc1cccc(Cn2ncc3c(N)nc(Cl)nc32)c1. The van der Waals surface area contributed by atoms with Crippen LogP contribution in [0, 0.1) is 0 Å². The maximum Gasteiger partial charge on any atom is 0.226 e. The van der Waals surface area contributed by atoms with E-state index in [0.29, 0.717) is 41.5 Å². The van der Waals surface area contributed by atoms with Gasteiger partial charge in [-0.15, -0.1) is 0 Å². The van der Waals surface area contributed by atoms with Gasteiger partial charge in [-0.3, -0.25) is 0 Å². The lowest BCUT2D eigenvalue weighted by Crippen LogP contribution is -2.04. The highest BCUT2D eigenvalue weighted by Crippen LogP contribution is 2.24. The van der Waals surface area contributed by atoms with E-state index < -0.39 is 0 Å². The molecule has 2 heterocycles. The molecule has 0 saturated heterocycles. The minimum absolute atomic E-state index is 0.0393. The Hall–Kier alpha value is -3.36. The molecule has 4 aromatic rings. The summed E-state index contributed by atoms with van der Waals surface area (Å²) in [7, 11) is 1.61. The van der Waals surface area contributed by atoms with Gasteiger partial charge in [0.25, 0.3) is 0 Å². The number of anilines is 1. The highest BCUT2D eigenvalue weighted by atomic mass is 35.5. The number of rotatable bonds is 7. The van der Waals surface area contributed by atoms with Crippen LogP contribution in [0.5, 0.6) is 11.5 Å². The minimum Gasteiger partial charge on any atom is -0.496 e. The van der Waals surface area contributed by atoms with Crippen LogP contribution >= 0.6 is 11.6 Å². The normalized spacial score (nSPS) is 11.0. The summed E-state index contributed by atoms with van der Waals surface area (Å²) in [4.78, 5) is 8.18. The molecule has 9 heteroatoms. The molecule has 4 rings (SSSR count). The molecule has 8 nitrogen and oxygen atoms in total. The Morgan fingerprint density at radius 3 is 2.80 bits per heavy atom. The molecule has 0 atom stereocenters. The second-order valence-electron chi connectivity index (χ2n) is 6.66. The van der Waals surface area contributed by atoms with Gasteiger partial charge in [-0.1, -0.05) is 18.2 Å². The first-order chi connectivity index (χ1) is 14.6. The summed E-state index contributed by atoms with van der Waals surface area (Å²) < 4.78 is 13.1. The number of aliphatic hydroxyl groups excluding tert-OH is 1. The van der Waals surface area contributed by atoms with E-state index in [1.807, 2.05) is 42.5 Å². The lowest BCUT2D eigenvalue weighted by Gasteiger charge is -2.12. The highest BCUT2D eigenvalue weighted by Gasteiger charge is 2.11. The number of methoxy groups -OCH3 is 1. The molecule has 3 N–H and O–H groups in total. The first kappa shape index (κ1) is 19.9. The molecule has 0 radical (unpaired) electrons. The van der Waals surface area contributed by atoms with E-state index in [-0.39, 0.29) is 11.9 Å². The third-order valence-electron chi connectivity index (χ3n) is 4.65. The first-order valence-corrected chi connectivity index (χ1v) is 9.58. The number of fused-ring (bicyclic) bond motifs is 1. The summed E-state index contributed by atoms with van der Waals surface area (Å²) in [5.74, 6) is 1.71. The number of hydrogen-bond acceptors (Lipinski definition) is 7. The zero-order chi connectivity index (χ0) is 21.1. The van der Waals surface area contributed by atoms with E-state index in [1.165, 1.54) is 0 Å². The van der Waals surface area contributed by atoms with Crippen LogP contribution in [0.15, 0.2) is 48.7 Å². The van der Waals surface area contributed by atoms with E-state index in [2.05, 4.69) is 15.1 Å². The van der Waals surface area contributed by atoms with Crippen molar-refractivity contribution < 1.29 is 14.6 Å². The van der Waals surface area contributed by atoms with Crippen molar-refractivity contribution in [3.05, 3.63) is 70.6 Å². The van der Waals surface area contributed by atoms with Crippen molar-refractivity contribution in [2.75, 3.05) is 12.8 Å². The standard InChI is InChI=1S/C21H20ClN5O3/c1-29-18-6-5-14(11-28)7-15(18)12-30-16-4-2-3-13(8-16)10-27-20-17(9-24-27)19(23)25-21(22)26-20/h2-9,28H,10-12H2,1H3,(H2,23,25,26). The molecule has 0 saturated carbocycles. The number of benzene rings is 2. The van der Waals surface area contributed by atoms with Crippen molar-refractivity contribution in [3.63, 3.8) is 0 Å². The van der Waals surface area contributed by atoms with Crippen LogP contribution in [0.25, 0.3) is 11.0 Å². The van der Waals surface area contributed by atoms with Gasteiger partial charge in [0.15, 0.2) is 5.65 Å². The molecule has 2 aromatic carbocycles. The predicted octanol–water partition coefficient (Wildman–Crippen LogP) is 3.19. The third-order valence-corrected chi connectivity index (χ3v) is 4.82. The van der Waals surface area contributed by atoms with Crippen molar-refractivity contribution >= 4 is 28.5 Å². The third kappa shape index (κ3) is 4.14. The Balaban J connectivity index is 1.53. The Morgan fingerprint density at radius 2 is 2.00 bits per heavy atom. The van der Waals surface area contributed by atoms with Crippen LogP contribution in [0.1, 0.15) is 16.7 Å². The zero-order valence-corrected chi connectivity index (χ0v) is 17.0. The zero-order valence-electron chi connectivity index (χ0n) is 16.2. The van der Waals surface area contributed by atoms with Crippen molar-refractivity contribution in [2.45, 2.75) is 19.8 Å². The number of hydrogen-bond donors (Lipinski definition) is 2. The summed E-state index contributed by atoms with van der Waals surface area (Å²) in [6.45, 7) is 0.740. The van der Waals surface area contributed by atoms with E-state index in [0.717, 1.165) is 16.7 Å². The number of nitrogens with zero attached hydrogens (tertiary/aromatic N) is 4. The fourth-order valence-corrected chi connectivity index (χ4v) is 3.35. The maximum absolute atomic E-state index is 9.36. The fraction of sp³-hybridized carbons (Fsp3) is 0.190. The molecule has 0 aliphatic carbocycles. The summed E-state index contributed by atoms with van der Waals surface area (Å²) in [5, 5.41) is 14.5. The molecule has 0 bridgehead atoms. The van der Waals surface area contributed by atoms with E-state index >= 15 is 0 Å². The maximum atomic E-state index is 9.36. The average molecular weight is 426 g/mol. The highest BCUT2D eigenvalue weighted by molar-refractivity contribution is 6.28. The first-order valence-electron chi connectivity index (χ1n) is 9.20. The van der Waals surface area contributed by atoms with Gasteiger partial charge in [0.1, 0.15) is 23.9 Å². The number of halogens is 1. The van der Waals surface area contributed by atoms with Crippen LogP contribution in [0.4, 0.5) is 5.82 Å². The molecule has 154 valence electrons. The van der Waals surface area contributed by atoms with Gasteiger partial charge in [0, 0.05) is 5.56 Å². The smallest absolute Gasteiger partial charge is 0.226 e. The van der Waals surface area contributed by atoms with Crippen LogP contribution in [-0.2, 0) is 19.8 Å². The molecule has 0 amide bonds. The number of nitrogens with two attached hydrogens (primary N) is 1. The van der Waals surface area contributed by atoms with Gasteiger partial charge in [0.2, 0.25) is 5.28 Å². The van der Waals surface area contributed by atoms with Crippen LogP contribution in [-0.4, -0.2) is 32.0 Å². The summed E-state index contributed by atoms with van der Waals surface area (Å²) >= 11 is 5.94.